The molecular formula is C19H22ClN3O4S. The Hall–Kier alpha value is -2.42. The fraction of sp³-hybridized carbons (Fsp3) is 0.263. The van der Waals surface area contributed by atoms with Gasteiger partial charge in [-0.3, -0.25) is 9.59 Å². The number of sulfonamides is 1. The number of nitrogens with one attached hydrogen (secondary N) is 2. The second kappa shape index (κ2) is 8.30. The monoisotopic (exact) mass is 423 g/mol. The summed E-state index contributed by atoms with van der Waals surface area (Å²) in [4.78, 5) is 23.7. The van der Waals surface area contributed by atoms with Crippen molar-refractivity contribution in [2.75, 3.05) is 5.32 Å². The lowest BCUT2D eigenvalue weighted by Gasteiger charge is -2.21. The van der Waals surface area contributed by atoms with Gasteiger partial charge in [0.25, 0.3) is 5.91 Å². The van der Waals surface area contributed by atoms with Gasteiger partial charge in [0.05, 0.1) is 11.4 Å². The molecule has 0 aromatic heterocycles. The molecule has 0 fully saturated rings. The Balaban J connectivity index is 2.35. The topological polar surface area (TPSA) is 118 Å². The first kappa shape index (κ1) is 21.9. The van der Waals surface area contributed by atoms with Gasteiger partial charge < -0.3 is 11.1 Å². The number of benzene rings is 2. The average molecular weight is 424 g/mol. The van der Waals surface area contributed by atoms with E-state index < -0.39 is 27.4 Å². The van der Waals surface area contributed by atoms with Gasteiger partial charge in [-0.1, -0.05) is 29.8 Å². The van der Waals surface area contributed by atoms with E-state index in [0.29, 0.717) is 11.3 Å². The van der Waals surface area contributed by atoms with Crippen LogP contribution in [0.2, 0.25) is 5.02 Å². The molecule has 0 unspecified atom stereocenters. The van der Waals surface area contributed by atoms with E-state index in [1.807, 2.05) is 0 Å². The molecule has 0 bridgehead atoms. The van der Waals surface area contributed by atoms with Crippen molar-refractivity contribution in [3.63, 3.8) is 0 Å². The highest BCUT2D eigenvalue weighted by Crippen LogP contribution is 2.25. The van der Waals surface area contributed by atoms with Crippen molar-refractivity contribution in [3.8, 4) is 0 Å². The van der Waals surface area contributed by atoms with E-state index >= 15 is 0 Å². The van der Waals surface area contributed by atoms with Crippen LogP contribution < -0.4 is 15.8 Å². The molecule has 0 saturated carbocycles. The zero-order chi connectivity index (χ0) is 21.1. The molecule has 0 saturated heterocycles. The Bertz CT molecular complexity index is 1010. The molecule has 0 atom stereocenters. The maximum absolute atomic E-state index is 12.6. The van der Waals surface area contributed by atoms with Crippen LogP contribution in [0, 0.1) is 0 Å². The zero-order valence-corrected chi connectivity index (χ0v) is 17.3. The van der Waals surface area contributed by atoms with Crippen LogP contribution in [0.3, 0.4) is 0 Å². The summed E-state index contributed by atoms with van der Waals surface area (Å²) in [6.07, 6.45) is -0.0355. The minimum atomic E-state index is -3.92. The van der Waals surface area contributed by atoms with Gasteiger partial charge in [0.15, 0.2) is 0 Å². The third-order valence-electron chi connectivity index (χ3n) is 3.55. The number of hydrogen-bond acceptors (Lipinski definition) is 4. The molecule has 0 aliphatic rings. The van der Waals surface area contributed by atoms with Crippen molar-refractivity contribution in [1.82, 2.24) is 4.72 Å². The maximum atomic E-state index is 12.6. The molecule has 2 amide bonds. The lowest BCUT2D eigenvalue weighted by Crippen LogP contribution is -2.40. The number of nitrogens with two attached hydrogens (primary N) is 1. The van der Waals surface area contributed by atoms with Crippen LogP contribution in [-0.4, -0.2) is 25.8 Å². The highest BCUT2D eigenvalue weighted by Gasteiger charge is 2.25. The number of para-hydroxylation sites is 1. The number of primary amides is 1. The van der Waals surface area contributed by atoms with E-state index in [2.05, 4.69) is 10.0 Å². The summed E-state index contributed by atoms with van der Waals surface area (Å²) in [6, 6.07) is 10.7. The van der Waals surface area contributed by atoms with E-state index in [1.54, 1.807) is 45.0 Å². The fourth-order valence-electron chi connectivity index (χ4n) is 2.49. The predicted octanol–water partition coefficient (Wildman–Crippen LogP) is 2.70. The lowest BCUT2D eigenvalue weighted by atomic mass is 10.1. The third-order valence-corrected chi connectivity index (χ3v) is 5.79. The minimum absolute atomic E-state index is 0.00225. The first-order valence-electron chi connectivity index (χ1n) is 8.40. The fourth-order valence-corrected chi connectivity index (χ4v) is 4.43. The van der Waals surface area contributed by atoms with Crippen LogP contribution >= 0.6 is 11.6 Å². The molecular weight excluding hydrogens is 402 g/mol. The quantitative estimate of drug-likeness (QED) is 0.661. The molecule has 0 aliphatic carbocycles. The molecule has 0 radical (unpaired) electrons. The summed E-state index contributed by atoms with van der Waals surface area (Å²) < 4.78 is 27.7. The Morgan fingerprint density at radius 1 is 1.11 bits per heavy atom. The summed E-state index contributed by atoms with van der Waals surface area (Å²) in [5.74, 6) is -1.07. The summed E-state index contributed by atoms with van der Waals surface area (Å²) in [5, 5.41) is 2.68. The van der Waals surface area contributed by atoms with Crippen LogP contribution in [0.25, 0.3) is 0 Å². The number of hydrogen-bond donors (Lipinski definition) is 3. The van der Waals surface area contributed by atoms with Crippen LogP contribution in [0.1, 0.15) is 36.7 Å². The number of carbonyl (C=O) groups excluding carboxylic acids is 2. The Kier molecular flexibility index (Phi) is 6.48. The van der Waals surface area contributed by atoms with Crippen LogP contribution in [-0.2, 0) is 21.2 Å². The molecule has 7 nitrogen and oxygen atoms in total. The smallest absolute Gasteiger partial charge is 0.255 e. The van der Waals surface area contributed by atoms with Gasteiger partial charge in [-0.15, -0.1) is 0 Å². The summed E-state index contributed by atoms with van der Waals surface area (Å²) >= 11 is 6.05. The molecule has 2 aromatic rings. The maximum Gasteiger partial charge on any atom is 0.255 e. The average Bonchev–Trinajstić information content (AvgIpc) is 2.54. The van der Waals surface area contributed by atoms with E-state index in [0.717, 1.165) is 0 Å². The summed E-state index contributed by atoms with van der Waals surface area (Å²) in [6.45, 7) is 5.10. The lowest BCUT2D eigenvalue weighted by molar-refractivity contribution is -0.117. The Labute approximate surface area is 169 Å². The van der Waals surface area contributed by atoms with Crippen LogP contribution in [0.15, 0.2) is 47.4 Å². The van der Waals surface area contributed by atoms with Crippen LogP contribution in [0.4, 0.5) is 5.69 Å². The van der Waals surface area contributed by atoms with Crippen molar-refractivity contribution >= 4 is 39.1 Å². The van der Waals surface area contributed by atoms with E-state index in [4.69, 9.17) is 17.3 Å². The number of rotatable bonds is 6. The Morgan fingerprint density at radius 3 is 2.36 bits per heavy atom. The molecule has 2 rings (SSSR count). The normalized spacial score (nSPS) is 11.9. The van der Waals surface area contributed by atoms with E-state index in [1.165, 1.54) is 18.2 Å². The first-order chi connectivity index (χ1) is 12.9. The molecule has 0 aliphatic heterocycles. The van der Waals surface area contributed by atoms with Crippen molar-refractivity contribution in [3.05, 3.63) is 58.6 Å². The summed E-state index contributed by atoms with van der Waals surface area (Å²) in [5.41, 5.74) is 5.59. The highest BCUT2D eigenvalue weighted by molar-refractivity contribution is 7.89. The molecule has 4 N–H and O–H groups in total. The largest absolute Gasteiger partial charge is 0.369 e. The van der Waals surface area contributed by atoms with Gasteiger partial charge in [-0.2, -0.15) is 0 Å². The standard InChI is InChI=1S/C19H22ClN3O4S/c1-19(2,3)23-28(26,27)16-10-13(8-9-14(16)20)18(25)22-15-7-5-4-6-12(15)11-17(21)24/h4-10,23H,11H2,1-3H3,(H2,21,24)(H,22,25). The number of halogens is 1. The second-order valence-electron chi connectivity index (χ2n) is 7.26. The van der Waals surface area contributed by atoms with Gasteiger partial charge in [0, 0.05) is 16.8 Å². The molecule has 0 spiro atoms. The molecule has 9 heteroatoms. The second-order valence-corrected chi connectivity index (χ2v) is 9.31. The third kappa shape index (κ3) is 5.79. The molecule has 28 heavy (non-hydrogen) atoms. The SMILES string of the molecule is CC(C)(C)NS(=O)(=O)c1cc(C(=O)Nc2ccccc2CC(N)=O)ccc1Cl. The van der Waals surface area contributed by atoms with Crippen LogP contribution in [0.5, 0.6) is 0 Å². The molecule has 0 heterocycles. The van der Waals surface area contributed by atoms with Crippen molar-refractivity contribution < 1.29 is 18.0 Å². The first-order valence-corrected chi connectivity index (χ1v) is 10.3. The Morgan fingerprint density at radius 2 is 1.75 bits per heavy atom. The molecule has 2 aromatic carbocycles. The highest BCUT2D eigenvalue weighted by atomic mass is 35.5. The van der Waals surface area contributed by atoms with Gasteiger partial charge >= 0.3 is 0 Å². The van der Waals surface area contributed by atoms with Crippen molar-refractivity contribution in [2.45, 2.75) is 37.6 Å². The number of amides is 2. The van der Waals surface area contributed by atoms with Gasteiger partial charge in [-0.25, -0.2) is 13.1 Å². The number of carbonyl (C=O) groups is 2. The molecule has 150 valence electrons. The minimum Gasteiger partial charge on any atom is -0.369 e. The predicted molar refractivity (Wildman–Crippen MR) is 109 cm³/mol. The van der Waals surface area contributed by atoms with Gasteiger partial charge in [-0.05, 0) is 50.6 Å². The van der Waals surface area contributed by atoms with Crippen molar-refractivity contribution in [1.29, 1.82) is 0 Å². The van der Waals surface area contributed by atoms with Gasteiger partial charge in [0.2, 0.25) is 15.9 Å². The number of anilines is 1. The van der Waals surface area contributed by atoms with Crippen molar-refractivity contribution in [2.24, 2.45) is 5.73 Å². The zero-order valence-electron chi connectivity index (χ0n) is 15.7. The van der Waals surface area contributed by atoms with Gasteiger partial charge in [0.1, 0.15) is 4.90 Å². The van der Waals surface area contributed by atoms with E-state index in [-0.39, 0.29) is 21.9 Å². The summed E-state index contributed by atoms with van der Waals surface area (Å²) in [7, 11) is -3.92. The van der Waals surface area contributed by atoms with E-state index in [9.17, 15) is 18.0 Å².